The van der Waals surface area contributed by atoms with Crippen LogP contribution in [0.5, 0.6) is 0 Å². The van der Waals surface area contributed by atoms with Crippen LogP contribution in [0, 0.1) is 0 Å². The van der Waals surface area contributed by atoms with Gasteiger partial charge in [0.25, 0.3) is 0 Å². The van der Waals surface area contributed by atoms with E-state index in [9.17, 15) is 0 Å². The number of aliphatic imine (C=N–C) groups is 1. The average molecular weight is 149 g/mol. The lowest BCUT2D eigenvalue weighted by Crippen LogP contribution is -2.12. The number of hydrogen-bond acceptors (Lipinski definition) is 1. The Morgan fingerprint density at radius 1 is 1.18 bits per heavy atom. The van der Waals surface area contributed by atoms with Crippen LogP contribution >= 0.6 is 0 Å². The van der Waals surface area contributed by atoms with Gasteiger partial charge in [-0.25, -0.2) is 0 Å². The van der Waals surface area contributed by atoms with Crippen molar-refractivity contribution in [3.05, 3.63) is 23.3 Å². The van der Waals surface area contributed by atoms with Crippen LogP contribution < -0.4 is 0 Å². The minimum absolute atomic E-state index is 0.0294. The second-order valence-electron chi connectivity index (χ2n) is 3.69. The van der Waals surface area contributed by atoms with Crippen LogP contribution in [-0.2, 0) is 0 Å². The number of hydrogen-bond donors (Lipinski definition) is 0. The van der Waals surface area contributed by atoms with Gasteiger partial charge in [-0.05, 0) is 33.3 Å². The zero-order valence-corrected chi connectivity index (χ0v) is 7.68. The molecule has 0 aliphatic carbocycles. The number of rotatable bonds is 0. The summed E-state index contributed by atoms with van der Waals surface area (Å²) in [7, 11) is 0. The summed E-state index contributed by atoms with van der Waals surface area (Å²) < 4.78 is 0. The molecule has 60 valence electrons. The van der Waals surface area contributed by atoms with Crippen molar-refractivity contribution in [2.24, 2.45) is 4.99 Å². The highest BCUT2D eigenvalue weighted by atomic mass is 14.8. The molecule has 11 heavy (non-hydrogen) atoms. The van der Waals surface area contributed by atoms with Crippen molar-refractivity contribution < 1.29 is 0 Å². The summed E-state index contributed by atoms with van der Waals surface area (Å²) in [4.78, 5) is 4.42. The van der Waals surface area contributed by atoms with E-state index in [-0.39, 0.29) is 5.54 Å². The van der Waals surface area contributed by atoms with Crippen LogP contribution in [0.4, 0.5) is 0 Å². The molecular formula is C10H15N. The Balaban J connectivity index is 3.02. The Labute approximate surface area is 68.5 Å². The van der Waals surface area contributed by atoms with E-state index in [1.165, 1.54) is 11.1 Å². The first-order chi connectivity index (χ1) is 4.99. The van der Waals surface area contributed by atoms with Gasteiger partial charge in [0.05, 0.1) is 5.54 Å². The maximum absolute atomic E-state index is 4.42. The molecule has 0 saturated heterocycles. The highest BCUT2D eigenvalue weighted by molar-refractivity contribution is 5.79. The summed E-state index contributed by atoms with van der Waals surface area (Å²) in [5.74, 6) is 0. The molecule has 1 nitrogen and oxygen atoms in total. The summed E-state index contributed by atoms with van der Waals surface area (Å²) in [6, 6.07) is 0. The molecule has 0 unspecified atom stereocenters. The number of nitrogens with zero attached hydrogens (tertiary/aromatic N) is 1. The van der Waals surface area contributed by atoms with E-state index in [4.69, 9.17) is 0 Å². The third kappa shape index (κ3) is 2.34. The van der Waals surface area contributed by atoms with E-state index < -0.39 is 0 Å². The minimum Gasteiger partial charge on any atom is -0.283 e. The van der Waals surface area contributed by atoms with Crippen molar-refractivity contribution in [1.29, 1.82) is 0 Å². The van der Waals surface area contributed by atoms with Gasteiger partial charge < -0.3 is 0 Å². The lowest BCUT2D eigenvalue weighted by atomic mass is 10.0. The first kappa shape index (κ1) is 8.25. The third-order valence-electron chi connectivity index (χ3n) is 1.64. The number of allylic oxidation sites excluding steroid dienone is 3. The first-order valence-electron chi connectivity index (χ1n) is 3.93. The van der Waals surface area contributed by atoms with Crippen molar-refractivity contribution in [3.8, 4) is 0 Å². The summed E-state index contributed by atoms with van der Waals surface area (Å²) >= 11 is 0. The molecule has 0 saturated carbocycles. The molecule has 1 rings (SSSR count). The van der Waals surface area contributed by atoms with Crippen LogP contribution in [0.25, 0.3) is 0 Å². The highest BCUT2D eigenvalue weighted by Gasteiger charge is 2.12. The first-order valence-corrected chi connectivity index (χ1v) is 3.93. The van der Waals surface area contributed by atoms with Gasteiger partial charge in [-0.3, -0.25) is 4.99 Å². The largest absolute Gasteiger partial charge is 0.283 e. The van der Waals surface area contributed by atoms with E-state index >= 15 is 0 Å². The molecule has 0 radical (unpaired) electrons. The van der Waals surface area contributed by atoms with Gasteiger partial charge in [-0.15, -0.1) is 0 Å². The second-order valence-corrected chi connectivity index (χ2v) is 3.69. The standard InChI is InChI=1S/C10H15N/c1-8-5-9(2)7-11-10(3,4)6-8/h5-7H,1-4H3. The fourth-order valence-electron chi connectivity index (χ4n) is 1.30. The molecule has 1 aliphatic rings. The Morgan fingerprint density at radius 3 is 2.45 bits per heavy atom. The van der Waals surface area contributed by atoms with Crippen molar-refractivity contribution in [2.45, 2.75) is 33.2 Å². The van der Waals surface area contributed by atoms with Gasteiger partial charge in [-0.1, -0.05) is 17.7 Å². The Hall–Kier alpha value is -0.850. The Bertz CT molecular complexity index is 242. The molecule has 0 bridgehead atoms. The molecule has 0 spiro atoms. The van der Waals surface area contributed by atoms with E-state index in [0.717, 1.165) is 0 Å². The zero-order chi connectivity index (χ0) is 8.48. The zero-order valence-electron chi connectivity index (χ0n) is 7.68. The smallest absolute Gasteiger partial charge is 0.0737 e. The molecule has 1 aliphatic heterocycles. The van der Waals surface area contributed by atoms with Crippen molar-refractivity contribution in [2.75, 3.05) is 0 Å². The van der Waals surface area contributed by atoms with Gasteiger partial charge in [0.2, 0.25) is 0 Å². The predicted molar refractivity (Wildman–Crippen MR) is 50.1 cm³/mol. The molecule has 0 amide bonds. The van der Waals surface area contributed by atoms with Crippen molar-refractivity contribution in [1.82, 2.24) is 0 Å². The molecule has 0 fully saturated rings. The summed E-state index contributed by atoms with van der Waals surface area (Å²) in [5, 5.41) is 0. The second kappa shape index (κ2) is 2.65. The fourth-order valence-corrected chi connectivity index (χ4v) is 1.30. The van der Waals surface area contributed by atoms with E-state index in [2.05, 4.69) is 44.8 Å². The van der Waals surface area contributed by atoms with Crippen LogP contribution in [0.3, 0.4) is 0 Å². The van der Waals surface area contributed by atoms with Crippen LogP contribution in [-0.4, -0.2) is 11.8 Å². The molecule has 1 heterocycles. The maximum Gasteiger partial charge on any atom is 0.0737 e. The molecule has 0 aromatic carbocycles. The van der Waals surface area contributed by atoms with E-state index in [1.54, 1.807) is 0 Å². The molecule has 0 atom stereocenters. The summed E-state index contributed by atoms with van der Waals surface area (Å²) in [5.41, 5.74) is 2.49. The van der Waals surface area contributed by atoms with Gasteiger partial charge in [0.1, 0.15) is 0 Å². The third-order valence-corrected chi connectivity index (χ3v) is 1.64. The van der Waals surface area contributed by atoms with Crippen LogP contribution in [0.1, 0.15) is 27.7 Å². The molecule has 0 aromatic rings. The molecule has 1 heteroatoms. The van der Waals surface area contributed by atoms with Gasteiger partial charge in [0.15, 0.2) is 0 Å². The summed E-state index contributed by atoms with van der Waals surface area (Å²) in [6.07, 6.45) is 6.27. The fraction of sp³-hybridized carbons (Fsp3) is 0.500. The lowest BCUT2D eigenvalue weighted by Gasteiger charge is -2.13. The highest BCUT2D eigenvalue weighted by Crippen LogP contribution is 2.17. The van der Waals surface area contributed by atoms with Crippen molar-refractivity contribution >= 4 is 6.21 Å². The van der Waals surface area contributed by atoms with Crippen LogP contribution in [0.15, 0.2) is 28.3 Å². The summed E-state index contributed by atoms with van der Waals surface area (Å²) in [6.45, 7) is 8.40. The van der Waals surface area contributed by atoms with Gasteiger partial charge in [0, 0.05) is 6.21 Å². The minimum atomic E-state index is -0.0294. The SMILES string of the molecule is CC1=CC(C)=CC(C)(C)N=C1. The Kier molecular flexibility index (Phi) is 1.99. The lowest BCUT2D eigenvalue weighted by molar-refractivity contribution is 0.659. The monoisotopic (exact) mass is 149 g/mol. The van der Waals surface area contributed by atoms with Gasteiger partial charge in [-0.2, -0.15) is 0 Å². The van der Waals surface area contributed by atoms with E-state index in [0.29, 0.717) is 0 Å². The van der Waals surface area contributed by atoms with E-state index in [1.807, 2.05) is 6.21 Å². The predicted octanol–water partition coefficient (Wildman–Crippen LogP) is 2.74. The average Bonchev–Trinajstić information content (AvgIpc) is 1.90. The molecule has 0 aromatic heterocycles. The topological polar surface area (TPSA) is 12.4 Å². The van der Waals surface area contributed by atoms with Crippen LogP contribution in [0.2, 0.25) is 0 Å². The normalized spacial score (nSPS) is 22.2. The van der Waals surface area contributed by atoms with Crippen molar-refractivity contribution in [3.63, 3.8) is 0 Å². The molecule has 0 N–H and O–H groups in total. The van der Waals surface area contributed by atoms with Gasteiger partial charge >= 0.3 is 0 Å². The quantitative estimate of drug-likeness (QED) is 0.502. The molecular weight excluding hydrogens is 134 g/mol. The maximum atomic E-state index is 4.42. The Morgan fingerprint density at radius 2 is 1.82 bits per heavy atom.